The first-order chi connectivity index (χ1) is 13.8. The zero-order valence-electron chi connectivity index (χ0n) is 20.1. The summed E-state index contributed by atoms with van der Waals surface area (Å²) in [6.07, 6.45) is 5.75. The van der Waals surface area contributed by atoms with Crippen LogP contribution in [0.2, 0.25) is 0 Å². The van der Waals surface area contributed by atoms with Crippen molar-refractivity contribution in [3.8, 4) is 11.8 Å². The number of phenols is 1. The van der Waals surface area contributed by atoms with Gasteiger partial charge in [0.25, 0.3) is 0 Å². The summed E-state index contributed by atoms with van der Waals surface area (Å²) >= 11 is 0. The molecule has 0 saturated heterocycles. The average molecular weight is 414 g/mol. The summed E-state index contributed by atoms with van der Waals surface area (Å²) in [6.45, 7) is 16.8. The van der Waals surface area contributed by atoms with Crippen LogP contribution in [0.5, 0.6) is 5.75 Å². The first-order valence-corrected chi connectivity index (χ1v) is 11.0. The molecule has 1 N–H and O–H groups in total. The summed E-state index contributed by atoms with van der Waals surface area (Å²) in [5.41, 5.74) is 1.71. The minimum absolute atomic E-state index is 0.0225. The van der Waals surface area contributed by atoms with Crippen molar-refractivity contribution in [1.82, 2.24) is 0 Å². The molecule has 0 aromatic heterocycles. The lowest BCUT2D eigenvalue weighted by molar-refractivity contribution is -0.139. The van der Waals surface area contributed by atoms with Crippen LogP contribution in [0.4, 0.5) is 0 Å². The van der Waals surface area contributed by atoms with Crippen LogP contribution in [0.25, 0.3) is 6.08 Å². The van der Waals surface area contributed by atoms with Gasteiger partial charge in [-0.25, -0.2) is 4.79 Å². The van der Waals surface area contributed by atoms with Gasteiger partial charge < -0.3 is 9.84 Å². The number of benzene rings is 1. The topological polar surface area (TPSA) is 70.3 Å². The zero-order valence-corrected chi connectivity index (χ0v) is 20.1. The molecule has 166 valence electrons. The van der Waals surface area contributed by atoms with E-state index in [0.717, 1.165) is 36.8 Å². The number of rotatable bonds is 8. The maximum atomic E-state index is 12.5. The molecule has 0 aliphatic heterocycles. The predicted molar refractivity (Wildman–Crippen MR) is 123 cm³/mol. The molecule has 1 aromatic rings. The molecule has 1 atom stereocenters. The Hall–Kier alpha value is -2.28. The van der Waals surface area contributed by atoms with Gasteiger partial charge in [-0.2, -0.15) is 5.26 Å². The Balaban J connectivity index is 3.25. The minimum atomic E-state index is -0.588. The van der Waals surface area contributed by atoms with Crippen molar-refractivity contribution in [2.75, 3.05) is 6.61 Å². The van der Waals surface area contributed by atoms with Gasteiger partial charge in [-0.05, 0) is 46.9 Å². The van der Waals surface area contributed by atoms with E-state index in [4.69, 9.17) is 4.74 Å². The van der Waals surface area contributed by atoms with Gasteiger partial charge in [0.2, 0.25) is 0 Å². The highest BCUT2D eigenvalue weighted by Crippen LogP contribution is 2.40. The van der Waals surface area contributed by atoms with Crippen molar-refractivity contribution in [3.05, 3.63) is 34.4 Å². The average Bonchev–Trinajstić information content (AvgIpc) is 2.65. The number of esters is 1. The summed E-state index contributed by atoms with van der Waals surface area (Å²) in [4.78, 5) is 12.5. The molecule has 4 nitrogen and oxygen atoms in total. The maximum Gasteiger partial charge on any atom is 0.348 e. The second-order valence-electron chi connectivity index (χ2n) is 10.1. The fourth-order valence-electron chi connectivity index (χ4n) is 3.36. The molecule has 1 aromatic carbocycles. The number of hydrogen-bond donors (Lipinski definition) is 1. The molecule has 1 unspecified atom stereocenters. The van der Waals surface area contributed by atoms with E-state index in [-0.39, 0.29) is 22.2 Å². The Morgan fingerprint density at radius 1 is 1.13 bits per heavy atom. The molecule has 0 bridgehead atoms. The number of unbranched alkanes of at least 4 members (excludes halogenated alkanes) is 1. The molecule has 0 aliphatic carbocycles. The Labute approximate surface area is 183 Å². The Morgan fingerprint density at radius 3 is 2.07 bits per heavy atom. The molecular formula is C26H39NO3. The third-order valence-corrected chi connectivity index (χ3v) is 5.39. The summed E-state index contributed by atoms with van der Waals surface area (Å²) in [7, 11) is 0. The van der Waals surface area contributed by atoms with Gasteiger partial charge in [-0.15, -0.1) is 0 Å². The lowest BCUT2D eigenvalue weighted by Gasteiger charge is -2.28. The third-order valence-electron chi connectivity index (χ3n) is 5.39. The van der Waals surface area contributed by atoms with E-state index < -0.39 is 5.97 Å². The van der Waals surface area contributed by atoms with Gasteiger partial charge in [0.15, 0.2) is 0 Å². The van der Waals surface area contributed by atoms with Gasteiger partial charge in [0.05, 0.1) is 6.61 Å². The van der Waals surface area contributed by atoms with Crippen LogP contribution in [0.1, 0.15) is 97.8 Å². The van der Waals surface area contributed by atoms with E-state index in [0.29, 0.717) is 18.1 Å². The lowest BCUT2D eigenvalue weighted by Crippen LogP contribution is -2.18. The standard InChI is InChI=1S/C26H39NO3/c1-9-11-12-18(10-2)17-30-24(29)20(16-27)13-19-14-21(25(3,4)5)23(28)22(15-19)26(6,7)8/h13-15,18,28H,9-12,17H2,1-8H3. The number of phenolic OH excluding ortho intramolecular Hbond substituents is 1. The highest BCUT2D eigenvalue weighted by Gasteiger charge is 2.26. The Kier molecular flexibility index (Phi) is 9.15. The molecule has 0 heterocycles. The summed E-state index contributed by atoms with van der Waals surface area (Å²) < 4.78 is 5.46. The van der Waals surface area contributed by atoms with Crippen LogP contribution in [0.3, 0.4) is 0 Å². The number of carbonyl (C=O) groups is 1. The minimum Gasteiger partial charge on any atom is -0.507 e. The van der Waals surface area contributed by atoms with E-state index >= 15 is 0 Å². The van der Waals surface area contributed by atoms with Crippen LogP contribution in [0, 0.1) is 17.2 Å². The molecule has 4 heteroatoms. The third kappa shape index (κ3) is 7.20. The molecule has 0 spiro atoms. The second-order valence-corrected chi connectivity index (χ2v) is 10.1. The van der Waals surface area contributed by atoms with E-state index in [9.17, 15) is 15.2 Å². The monoisotopic (exact) mass is 413 g/mol. The van der Waals surface area contributed by atoms with Crippen LogP contribution < -0.4 is 0 Å². The van der Waals surface area contributed by atoms with Crippen molar-refractivity contribution in [2.45, 2.75) is 91.9 Å². The lowest BCUT2D eigenvalue weighted by atomic mass is 9.78. The zero-order chi connectivity index (χ0) is 23.1. The highest BCUT2D eigenvalue weighted by molar-refractivity contribution is 5.98. The van der Waals surface area contributed by atoms with Gasteiger partial charge in [-0.1, -0.05) is 74.7 Å². The predicted octanol–water partition coefficient (Wildman–Crippen LogP) is 6.65. The van der Waals surface area contributed by atoms with Crippen LogP contribution >= 0.6 is 0 Å². The molecule has 0 radical (unpaired) electrons. The van der Waals surface area contributed by atoms with Gasteiger partial charge in [0, 0.05) is 11.1 Å². The van der Waals surface area contributed by atoms with Crippen LogP contribution in [-0.2, 0) is 20.4 Å². The molecule has 1 rings (SSSR count). The van der Waals surface area contributed by atoms with E-state index in [1.165, 1.54) is 0 Å². The van der Waals surface area contributed by atoms with Crippen molar-refractivity contribution < 1.29 is 14.6 Å². The number of nitriles is 1. The van der Waals surface area contributed by atoms with Crippen molar-refractivity contribution >= 4 is 12.0 Å². The normalized spacial score (nSPS) is 13.6. The number of nitrogens with zero attached hydrogens (tertiary/aromatic N) is 1. The second kappa shape index (κ2) is 10.7. The molecule has 0 amide bonds. The van der Waals surface area contributed by atoms with E-state index in [1.54, 1.807) is 6.08 Å². The first kappa shape index (κ1) is 25.8. The smallest absolute Gasteiger partial charge is 0.348 e. The molecule has 30 heavy (non-hydrogen) atoms. The maximum absolute atomic E-state index is 12.5. The fraction of sp³-hybridized carbons (Fsp3) is 0.615. The van der Waals surface area contributed by atoms with E-state index in [2.05, 4.69) is 13.8 Å². The van der Waals surface area contributed by atoms with Crippen LogP contribution in [0.15, 0.2) is 17.7 Å². The Bertz CT molecular complexity index is 766. The molecule has 0 aliphatic rings. The quantitative estimate of drug-likeness (QED) is 0.294. The largest absolute Gasteiger partial charge is 0.507 e. The molecule has 0 saturated carbocycles. The number of carbonyl (C=O) groups excluding carboxylic acids is 1. The Morgan fingerprint density at radius 2 is 1.67 bits per heavy atom. The molecule has 0 fully saturated rings. The van der Waals surface area contributed by atoms with Crippen LogP contribution in [-0.4, -0.2) is 17.7 Å². The summed E-state index contributed by atoms with van der Waals surface area (Å²) in [6, 6.07) is 5.70. The summed E-state index contributed by atoms with van der Waals surface area (Å²) in [5, 5.41) is 20.4. The summed E-state index contributed by atoms with van der Waals surface area (Å²) in [5.74, 6) is 0.00703. The fourth-order valence-corrected chi connectivity index (χ4v) is 3.36. The van der Waals surface area contributed by atoms with Gasteiger partial charge >= 0.3 is 5.97 Å². The van der Waals surface area contributed by atoms with Crippen molar-refractivity contribution in [2.24, 2.45) is 5.92 Å². The molecular weight excluding hydrogens is 374 g/mol. The highest BCUT2D eigenvalue weighted by atomic mass is 16.5. The van der Waals surface area contributed by atoms with Gasteiger partial charge in [0.1, 0.15) is 17.4 Å². The van der Waals surface area contributed by atoms with Crippen molar-refractivity contribution in [1.29, 1.82) is 5.26 Å². The SMILES string of the molecule is CCCCC(CC)COC(=O)C(C#N)=Cc1cc(C(C)(C)C)c(O)c(C(C)(C)C)c1. The number of ether oxygens (including phenoxy) is 1. The first-order valence-electron chi connectivity index (χ1n) is 11.0. The number of hydrogen-bond acceptors (Lipinski definition) is 4. The van der Waals surface area contributed by atoms with Gasteiger partial charge in [-0.3, -0.25) is 0 Å². The van der Waals surface area contributed by atoms with E-state index in [1.807, 2.05) is 59.7 Å². The number of aromatic hydroxyl groups is 1. The van der Waals surface area contributed by atoms with Crippen molar-refractivity contribution in [3.63, 3.8) is 0 Å².